The van der Waals surface area contributed by atoms with Gasteiger partial charge in [-0.1, -0.05) is 18.2 Å². The number of halogens is 4. The average Bonchev–Trinajstić information content (AvgIpc) is 2.78. The third-order valence-corrected chi connectivity index (χ3v) is 4.75. The lowest BCUT2D eigenvalue weighted by Gasteiger charge is -2.13. The van der Waals surface area contributed by atoms with Gasteiger partial charge in [-0.2, -0.15) is 18.3 Å². The minimum atomic E-state index is -4.57. The maximum absolute atomic E-state index is 13.0. The zero-order chi connectivity index (χ0) is 24.9. The number of carbonyl (C=O) groups is 2. The Balaban J connectivity index is 1.63. The summed E-state index contributed by atoms with van der Waals surface area (Å²) >= 11 is 0. The molecule has 0 unspecified atom stereocenters. The molecule has 1 aromatic heterocycles. The van der Waals surface area contributed by atoms with Crippen LogP contribution in [0.3, 0.4) is 0 Å². The van der Waals surface area contributed by atoms with Gasteiger partial charge in [0.15, 0.2) is 5.69 Å². The SMILES string of the molecule is Cc1cc(=O)c(C(=O)NCCNC(=O)Cc2ccc(F)cc2)nn1-c1cccc(C(F)(F)F)c1. The number of rotatable bonds is 7. The molecule has 2 amide bonds. The largest absolute Gasteiger partial charge is 0.416 e. The van der Waals surface area contributed by atoms with Crippen molar-refractivity contribution in [3.8, 4) is 5.69 Å². The summed E-state index contributed by atoms with van der Waals surface area (Å²) in [5.41, 5.74) is -1.20. The molecule has 7 nitrogen and oxygen atoms in total. The molecule has 0 aliphatic heterocycles. The molecular formula is C23H20F4N4O3. The van der Waals surface area contributed by atoms with Crippen molar-refractivity contribution in [2.45, 2.75) is 19.5 Å². The van der Waals surface area contributed by atoms with Gasteiger partial charge in [0.25, 0.3) is 5.91 Å². The molecule has 0 saturated carbocycles. The minimum absolute atomic E-state index is 0.0213. The van der Waals surface area contributed by atoms with Gasteiger partial charge in [-0.3, -0.25) is 14.4 Å². The van der Waals surface area contributed by atoms with Gasteiger partial charge in [0.05, 0.1) is 17.7 Å². The molecule has 0 aliphatic rings. The summed E-state index contributed by atoms with van der Waals surface area (Å²) < 4.78 is 53.1. The first-order chi connectivity index (χ1) is 16.0. The second-order valence-electron chi connectivity index (χ2n) is 7.37. The van der Waals surface area contributed by atoms with E-state index < -0.39 is 34.6 Å². The standard InChI is InChI=1S/C23H20F4N4O3/c1-14-11-19(32)21(30-31(14)18-4-2-3-16(13-18)23(25,26)27)22(34)29-10-9-28-20(33)12-15-5-7-17(24)8-6-15/h2-8,11,13H,9-10,12H2,1H3,(H,28,33)(H,29,34). The Bertz CT molecular complexity index is 1250. The van der Waals surface area contributed by atoms with Crippen molar-refractivity contribution in [3.63, 3.8) is 0 Å². The van der Waals surface area contributed by atoms with Crippen LogP contribution in [0.25, 0.3) is 5.69 Å². The second-order valence-corrected chi connectivity index (χ2v) is 7.37. The smallest absolute Gasteiger partial charge is 0.354 e. The van der Waals surface area contributed by atoms with Gasteiger partial charge in [-0.05, 0) is 42.8 Å². The monoisotopic (exact) mass is 476 g/mol. The van der Waals surface area contributed by atoms with Crippen molar-refractivity contribution in [2.24, 2.45) is 0 Å². The highest BCUT2D eigenvalue weighted by molar-refractivity contribution is 5.92. The maximum atomic E-state index is 13.0. The molecule has 11 heteroatoms. The van der Waals surface area contributed by atoms with Crippen molar-refractivity contribution in [3.05, 3.63) is 93.2 Å². The van der Waals surface area contributed by atoms with E-state index in [1.165, 1.54) is 43.3 Å². The fourth-order valence-corrected chi connectivity index (χ4v) is 3.09. The number of carbonyl (C=O) groups excluding carboxylic acids is 2. The molecule has 178 valence electrons. The van der Waals surface area contributed by atoms with Gasteiger partial charge >= 0.3 is 6.18 Å². The molecule has 3 rings (SSSR count). The van der Waals surface area contributed by atoms with Crippen LogP contribution in [0.1, 0.15) is 27.3 Å². The molecule has 0 radical (unpaired) electrons. The molecule has 0 fully saturated rings. The van der Waals surface area contributed by atoms with E-state index in [1.54, 1.807) is 0 Å². The van der Waals surface area contributed by atoms with Gasteiger partial charge in [-0.15, -0.1) is 0 Å². The molecule has 34 heavy (non-hydrogen) atoms. The van der Waals surface area contributed by atoms with E-state index in [0.29, 0.717) is 5.56 Å². The number of benzene rings is 2. The van der Waals surface area contributed by atoms with Crippen LogP contribution in [-0.4, -0.2) is 34.7 Å². The fraction of sp³-hybridized carbons (Fsp3) is 0.217. The van der Waals surface area contributed by atoms with Gasteiger partial charge in [0.1, 0.15) is 5.82 Å². The van der Waals surface area contributed by atoms with E-state index in [4.69, 9.17) is 0 Å². The van der Waals surface area contributed by atoms with Crippen molar-refractivity contribution in [1.82, 2.24) is 20.4 Å². The Morgan fingerprint density at radius 1 is 1.00 bits per heavy atom. The minimum Gasteiger partial charge on any atom is -0.354 e. The maximum Gasteiger partial charge on any atom is 0.416 e. The van der Waals surface area contributed by atoms with Gasteiger partial charge < -0.3 is 10.6 Å². The van der Waals surface area contributed by atoms with Gasteiger partial charge in [-0.25, -0.2) is 9.07 Å². The highest BCUT2D eigenvalue weighted by Gasteiger charge is 2.30. The van der Waals surface area contributed by atoms with E-state index in [1.807, 2.05) is 0 Å². The topological polar surface area (TPSA) is 93.1 Å². The number of hydrogen-bond acceptors (Lipinski definition) is 4. The lowest BCUT2D eigenvalue weighted by molar-refractivity contribution is -0.137. The third kappa shape index (κ3) is 6.27. The lowest BCUT2D eigenvalue weighted by Crippen LogP contribution is -2.38. The van der Waals surface area contributed by atoms with Gasteiger partial charge in [0.2, 0.25) is 11.3 Å². The van der Waals surface area contributed by atoms with Crippen molar-refractivity contribution in [2.75, 3.05) is 13.1 Å². The summed E-state index contributed by atoms with van der Waals surface area (Å²) in [5, 5.41) is 8.97. The van der Waals surface area contributed by atoms with E-state index in [-0.39, 0.29) is 36.8 Å². The normalized spacial score (nSPS) is 11.2. The van der Waals surface area contributed by atoms with Crippen LogP contribution >= 0.6 is 0 Å². The Hall–Kier alpha value is -4.02. The van der Waals surface area contributed by atoms with Gasteiger partial charge in [0, 0.05) is 24.8 Å². The second kappa shape index (κ2) is 10.3. The number of aromatic nitrogens is 2. The van der Waals surface area contributed by atoms with Crippen LogP contribution in [0.5, 0.6) is 0 Å². The van der Waals surface area contributed by atoms with E-state index in [9.17, 15) is 31.9 Å². The molecule has 2 aromatic carbocycles. The summed E-state index contributed by atoms with van der Waals surface area (Å²) in [6, 6.07) is 10.9. The first-order valence-corrected chi connectivity index (χ1v) is 10.1. The first kappa shape index (κ1) is 24.6. The number of hydrogen-bond donors (Lipinski definition) is 2. The van der Waals surface area contributed by atoms with Crippen LogP contribution in [0.4, 0.5) is 17.6 Å². The first-order valence-electron chi connectivity index (χ1n) is 10.1. The van der Waals surface area contributed by atoms with Crippen LogP contribution in [0.2, 0.25) is 0 Å². The number of aryl methyl sites for hydroxylation is 1. The molecule has 0 bridgehead atoms. The summed E-state index contributed by atoms with van der Waals surface area (Å²) in [6.07, 6.45) is -4.54. The van der Waals surface area contributed by atoms with Crippen LogP contribution in [0.15, 0.2) is 59.4 Å². The highest BCUT2D eigenvalue weighted by Crippen LogP contribution is 2.30. The molecule has 0 saturated heterocycles. The zero-order valence-electron chi connectivity index (χ0n) is 17.9. The average molecular weight is 476 g/mol. The molecule has 0 aliphatic carbocycles. The van der Waals surface area contributed by atoms with E-state index in [2.05, 4.69) is 15.7 Å². The Kier molecular flexibility index (Phi) is 7.44. The number of alkyl halides is 3. The van der Waals surface area contributed by atoms with Crippen molar-refractivity contribution >= 4 is 11.8 Å². The summed E-state index contributed by atoms with van der Waals surface area (Å²) in [5.74, 6) is -1.59. The van der Waals surface area contributed by atoms with Crippen LogP contribution < -0.4 is 16.1 Å². The van der Waals surface area contributed by atoms with Crippen LogP contribution in [-0.2, 0) is 17.4 Å². The van der Waals surface area contributed by atoms with Crippen LogP contribution in [0, 0.1) is 12.7 Å². The van der Waals surface area contributed by atoms with Crippen molar-refractivity contribution in [1.29, 1.82) is 0 Å². The van der Waals surface area contributed by atoms with E-state index in [0.717, 1.165) is 22.9 Å². The predicted molar refractivity (Wildman–Crippen MR) is 115 cm³/mol. The highest BCUT2D eigenvalue weighted by atomic mass is 19.4. The molecule has 2 N–H and O–H groups in total. The number of nitrogens with zero attached hydrogens (tertiary/aromatic N) is 2. The molecule has 0 spiro atoms. The number of nitrogens with one attached hydrogen (secondary N) is 2. The van der Waals surface area contributed by atoms with E-state index >= 15 is 0 Å². The third-order valence-electron chi connectivity index (χ3n) is 4.75. The molecular weight excluding hydrogens is 456 g/mol. The lowest BCUT2D eigenvalue weighted by atomic mass is 10.1. The molecule has 3 aromatic rings. The quantitative estimate of drug-likeness (QED) is 0.405. The summed E-state index contributed by atoms with van der Waals surface area (Å²) in [7, 11) is 0. The fourth-order valence-electron chi connectivity index (χ4n) is 3.09. The Morgan fingerprint density at radius 2 is 1.68 bits per heavy atom. The summed E-state index contributed by atoms with van der Waals surface area (Å²) in [4.78, 5) is 36.6. The Labute approximate surface area is 191 Å². The molecule has 0 atom stereocenters. The predicted octanol–water partition coefficient (Wildman–Crippen LogP) is 2.79. The zero-order valence-corrected chi connectivity index (χ0v) is 17.9. The molecule has 1 heterocycles. The number of amides is 2. The Morgan fingerprint density at radius 3 is 2.35 bits per heavy atom. The van der Waals surface area contributed by atoms with Crippen molar-refractivity contribution < 1.29 is 27.2 Å². The summed E-state index contributed by atoms with van der Waals surface area (Å²) in [6.45, 7) is 1.51.